The second-order valence-electron chi connectivity index (χ2n) is 5.70. The third-order valence-corrected chi connectivity index (χ3v) is 6.01. The lowest BCUT2D eigenvalue weighted by atomic mass is 10.1. The van der Waals surface area contributed by atoms with Gasteiger partial charge in [0.15, 0.2) is 0 Å². The lowest BCUT2D eigenvalue weighted by Gasteiger charge is -2.13. The highest BCUT2D eigenvalue weighted by atomic mass is 35.5. The van der Waals surface area contributed by atoms with Gasteiger partial charge < -0.3 is 5.73 Å². The van der Waals surface area contributed by atoms with E-state index in [0.717, 1.165) is 22.6 Å². The summed E-state index contributed by atoms with van der Waals surface area (Å²) in [4.78, 5) is 1.09. The molecular formula is C18H14Cl2F3N3S2. The summed E-state index contributed by atoms with van der Waals surface area (Å²) in [6, 6.07) is 9.38. The van der Waals surface area contributed by atoms with E-state index in [-0.39, 0.29) is 21.6 Å². The normalized spacial score (nSPS) is 11.8. The highest BCUT2D eigenvalue weighted by Crippen LogP contribution is 2.42. The van der Waals surface area contributed by atoms with Crippen LogP contribution in [0.25, 0.3) is 16.8 Å². The molecule has 0 saturated carbocycles. The largest absolute Gasteiger partial charge is 0.416 e. The lowest BCUT2D eigenvalue weighted by Crippen LogP contribution is -2.08. The van der Waals surface area contributed by atoms with Crippen molar-refractivity contribution >= 4 is 52.5 Å². The predicted octanol–water partition coefficient (Wildman–Crippen LogP) is 6.89. The molecule has 0 saturated heterocycles. The van der Waals surface area contributed by atoms with E-state index in [1.807, 2.05) is 36.8 Å². The predicted molar refractivity (Wildman–Crippen MR) is 112 cm³/mol. The molecule has 2 aromatic carbocycles. The standard InChI is InChI=1S/C18H14Cl2F3N3S2/c1-27-11-5-3-9(4-6-11)14-16(24)26(25-17(14)28-2)15-12(19)7-10(8-13(15)20)18(21,22)23/h3-8H,24H2,1-2H3. The van der Waals surface area contributed by atoms with Gasteiger partial charge in [0.1, 0.15) is 16.5 Å². The SMILES string of the molecule is CSc1ccc(-c2c(SC)nn(-c3c(Cl)cc(C(F)(F)F)cc3Cl)c2N)cc1. The van der Waals surface area contributed by atoms with Crippen molar-refractivity contribution in [3.05, 3.63) is 52.0 Å². The van der Waals surface area contributed by atoms with Crippen LogP contribution in [0.5, 0.6) is 0 Å². The number of thioether (sulfide) groups is 2. The molecule has 2 N–H and O–H groups in total. The first-order valence-electron chi connectivity index (χ1n) is 7.81. The molecule has 0 spiro atoms. The second kappa shape index (κ2) is 8.10. The number of alkyl halides is 3. The summed E-state index contributed by atoms with van der Waals surface area (Å²) < 4.78 is 40.3. The third-order valence-electron chi connectivity index (χ3n) is 4.02. The summed E-state index contributed by atoms with van der Waals surface area (Å²) in [5.41, 5.74) is 7.00. The van der Waals surface area contributed by atoms with E-state index in [1.165, 1.54) is 16.4 Å². The molecule has 0 unspecified atom stereocenters. The van der Waals surface area contributed by atoms with Crippen molar-refractivity contribution in [3.8, 4) is 16.8 Å². The maximum Gasteiger partial charge on any atom is 0.416 e. The average Bonchev–Trinajstić information content (AvgIpc) is 2.97. The molecule has 1 aromatic heterocycles. The number of nitrogens with zero attached hydrogens (tertiary/aromatic N) is 2. The van der Waals surface area contributed by atoms with Gasteiger partial charge in [-0.2, -0.15) is 18.3 Å². The van der Waals surface area contributed by atoms with Gasteiger partial charge in [0.25, 0.3) is 0 Å². The summed E-state index contributed by atoms with van der Waals surface area (Å²) in [6.45, 7) is 0. The average molecular weight is 464 g/mol. The first kappa shape index (κ1) is 21.2. The number of benzene rings is 2. The minimum absolute atomic E-state index is 0.108. The Kier molecular flexibility index (Phi) is 6.14. The van der Waals surface area contributed by atoms with Crippen LogP contribution in [-0.4, -0.2) is 22.3 Å². The molecule has 28 heavy (non-hydrogen) atoms. The molecule has 0 fully saturated rings. The molecule has 0 atom stereocenters. The first-order chi connectivity index (χ1) is 13.2. The highest BCUT2D eigenvalue weighted by Gasteiger charge is 2.33. The van der Waals surface area contributed by atoms with Crippen LogP contribution in [-0.2, 0) is 6.18 Å². The summed E-state index contributed by atoms with van der Waals surface area (Å²) in [5.74, 6) is 0.241. The van der Waals surface area contributed by atoms with Crippen LogP contribution in [0, 0.1) is 0 Å². The molecule has 0 bridgehead atoms. The second-order valence-corrected chi connectivity index (χ2v) is 8.19. The van der Waals surface area contributed by atoms with Crippen LogP contribution < -0.4 is 5.73 Å². The van der Waals surface area contributed by atoms with Crippen LogP contribution in [0.4, 0.5) is 19.0 Å². The highest BCUT2D eigenvalue weighted by molar-refractivity contribution is 7.98. The van der Waals surface area contributed by atoms with Crippen molar-refractivity contribution in [2.24, 2.45) is 0 Å². The molecule has 0 aliphatic rings. The Labute approximate surface area is 178 Å². The number of rotatable bonds is 4. The molecule has 0 amide bonds. The molecule has 148 valence electrons. The van der Waals surface area contributed by atoms with Crippen LogP contribution in [0.2, 0.25) is 10.0 Å². The Morgan fingerprint density at radius 3 is 2.04 bits per heavy atom. The number of hydrogen-bond acceptors (Lipinski definition) is 4. The Balaban J connectivity index is 2.18. The van der Waals surface area contributed by atoms with Crippen LogP contribution in [0.1, 0.15) is 5.56 Å². The molecule has 10 heteroatoms. The van der Waals surface area contributed by atoms with Gasteiger partial charge in [-0.15, -0.1) is 23.5 Å². The molecule has 0 aliphatic heterocycles. The van der Waals surface area contributed by atoms with Crippen molar-refractivity contribution in [2.75, 3.05) is 18.2 Å². The lowest BCUT2D eigenvalue weighted by molar-refractivity contribution is -0.137. The number of anilines is 1. The molecular weight excluding hydrogens is 450 g/mol. The minimum Gasteiger partial charge on any atom is -0.383 e. The van der Waals surface area contributed by atoms with E-state index in [4.69, 9.17) is 28.9 Å². The van der Waals surface area contributed by atoms with Crippen LogP contribution in [0.3, 0.4) is 0 Å². The zero-order chi connectivity index (χ0) is 20.6. The Morgan fingerprint density at radius 1 is 1.00 bits per heavy atom. The maximum atomic E-state index is 13.0. The van der Waals surface area contributed by atoms with Gasteiger partial charge >= 0.3 is 6.18 Å². The van der Waals surface area contributed by atoms with Gasteiger partial charge in [0.2, 0.25) is 0 Å². The first-order valence-corrected chi connectivity index (χ1v) is 11.0. The third kappa shape index (κ3) is 3.96. The summed E-state index contributed by atoms with van der Waals surface area (Å²) >= 11 is 15.2. The number of nitrogen functional groups attached to an aromatic ring is 1. The Morgan fingerprint density at radius 2 is 1.57 bits per heavy atom. The van der Waals surface area contributed by atoms with Gasteiger partial charge in [-0.1, -0.05) is 35.3 Å². The minimum atomic E-state index is -4.56. The number of aromatic nitrogens is 2. The fourth-order valence-electron chi connectivity index (χ4n) is 2.68. The zero-order valence-corrected chi connectivity index (χ0v) is 17.8. The fraction of sp³-hybridized carbons (Fsp3) is 0.167. The van der Waals surface area contributed by atoms with Crippen molar-refractivity contribution in [1.29, 1.82) is 0 Å². The fourth-order valence-corrected chi connectivity index (χ4v) is 4.33. The van der Waals surface area contributed by atoms with E-state index in [0.29, 0.717) is 10.6 Å². The molecule has 3 nitrogen and oxygen atoms in total. The molecule has 3 rings (SSSR count). The van der Waals surface area contributed by atoms with E-state index in [9.17, 15) is 13.2 Å². The number of halogens is 5. The molecule has 0 radical (unpaired) electrons. The maximum absolute atomic E-state index is 13.0. The van der Waals surface area contributed by atoms with Crippen molar-refractivity contribution in [2.45, 2.75) is 16.1 Å². The van der Waals surface area contributed by atoms with E-state index >= 15 is 0 Å². The van der Waals surface area contributed by atoms with Gasteiger partial charge in [0.05, 0.1) is 21.2 Å². The van der Waals surface area contributed by atoms with Gasteiger partial charge in [-0.3, -0.25) is 0 Å². The van der Waals surface area contributed by atoms with Crippen molar-refractivity contribution in [3.63, 3.8) is 0 Å². The number of nitrogens with two attached hydrogens (primary N) is 1. The Bertz CT molecular complexity index is 995. The molecule has 0 aliphatic carbocycles. The topological polar surface area (TPSA) is 43.8 Å². The molecule has 1 heterocycles. The van der Waals surface area contributed by atoms with Gasteiger partial charge in [-0.25, -0.2) is 4.68 Å². The van der Waals surface area contributed by atoms with Gasteiger partial charge in [0, 0.05) is 4.90 Å². The van der Waals surface area contributed by atoms with Crippen LogP contribution >= 0.6 is 46.7 Å². The van der Waals surface area contributed by atoms with Gasteiger partial charge in [-0.05, 0) is 42.3 Å². The van der Waals surface area contributed by atoms with E-state index in [2.05, 4.69) is 5.10 Å². The molecule has 3 aromatic rings. The Hall–Kier alpha value is -1.48. The summed E-state index contributed by atoms with van der Waals surface area (Å²) in [5, 5.41) is 4.66. The monoisotopic (exact) mass is 463 g/mol. The zero-order valence-electron chi connectivity index (χ0n) is 14.6. The van der Waals surface area contributed by atoms with Crippen molar-refractivity contribution < 1.29 is 13.2 Å². The van der Waals surface area contributed by atoms with E-state index in [1.54, 1.807) is 11.8 Å². The number of hydrogen-bond donors (Lipinski definition) is 1. The summed E-state index contributed by atoms with van der Waals surface area (Å²) in [6.07, 6.45) is -0.749. The smallest absolute Gasteiger partial charge is 0.383 e. The quantitative estimate of drug-likeness (QED) is 0.427. The van der Waals surface area contributed by atoms with E-state index < -0.39 is 11.7 Å². The van der Waals surface area contributed by atoms with Crippen LogP contribution in [0.15, 0.2) is 46.3 Å². The van der Waals surface area contributed by atoms with Crippen molar-refractivity contribution in [1.82, 2.24) is 9.78 Å². The summed E-state index contributed by atoms with van der Waals surface area (Å²) in [7, 11) is 0.